The summed E-state index contributed by atoms with van der Waals surface area (Å²) in [6.45, 7) is 2.63. The van der Waals surface area contributed by atoms with Crippen molar-refractivity contribution < 1.29 is 14.7 Å². The van der Waals surface area contributed by atoms with Crippen LogP contribution in [0.1, 0.15) is 62.5 Å². The number of nitrogens with one attached hydrogen (secondary N) is 1. The van der Waals surface area contributed by atoms with E-state index < -0.39 is 0 Å². The monoisotopic (exact) mass is 409 g/mol. The molecular weight excluding hydrogens is 378 g/mol. The van der Waals surface area contributed by atoms with Gasteiger partial charge in [0.2, 0.25) is 5.91 Å². The number of carbonyl (C=O) groups is 2. The molecule has 6 nitrogen and oxygen atoms in total. The van der Waals surface area contributed by atoms with Crippen LogP contribution in [0.5, 0.6) is 0 Å². The molecule has 6 heteroatoms. The zero-order chi connectivity index (χ0) is 21.1. The topological polar surface area (TPSA) is 72.9 Å². The van der Waals surface area contributed by atoms with E-state index in [1.165, 1.54) is 0 Å². The van der Waals surface area contributed by atoms with Crippen molar-refractivity contribution in [3.63, 3.8) is 0 Å². The maximum atomic E-state index is 12.7. The molecule has 0 spiro atoms. The predicted molar refractivity (Wildman–Crippen MR) is 115 cm³/mol. The number of carbonyl (C=O) groups excluding carboxylic acids is 2. The molecule has 1 aromatic carbocycles. The summed E-state index contributed by atoms with van der Waals surface area (Å²) < 4.78 is 0. The lowest BCUT2D eigenvalue weighted by Gasteiger charge is -2.58. The number of hydrogen-bond donors (Lipinski definition) is 2. The number of aliphatic hydroxyl groups excluding tert-OH is 1. The minimum Gasteiger partial charge on any atom is -0.394 e. The molecule has 3 amide bonds. The Hall–Kier alpha value is -2.52. The first-order valence-corrected chi connectivity index (χ1v) is 11.2. The molecule has 2 saturated heterocycles. The van der Waals surface area contributed by atoms with Crippen LogP contribution in [-0.2, 0) is 4.79 Å². The average Bonchev–Trinajstić information content (AvgIpc) is 3.24. The molecule has 2 N–H and O–H groups in total. The van der Waals surface area contributed by atoms with E-state index in [0.29, 0.717) is 6.54 Å². The second kappa shape index (κ2) is 9.09. The molecule has 3 fully saturated rings. The van der Waals surface area contributed by atoms with Gasteiger partial charge in [-0.3, -0.25) is 4.79 Å². The molecule has 2 heterocycles. The molecule has 0 unspecified atom stereocenters. The van der Waals surface area contributed by atoms with Crippen LogP contribution in [0.4, 0.5) is 4.79 Å². The number of piperazine rings is 1. The first kappa shape index (κ1) is 20.7. The summed E-state index contributed by atoms with van der Waals surface area (Å²) in [5.74, 6) is 6.27. The van der Waals surface area contributed by atoms with Crippen molar-refractivity contribution >= 4 is 11.9 Å². The summed E-state index contributed by atoms with van der Waals surface area (Å²) >= 11 is 0. The van der Waals surface area contributed by atoms with E-state index in [4.69, 9.17) is 0 Å². The van der Waals surface area contributed by atoms with E-state index in [2.05, 4.69) is 24.1 Å². The third kappa shape index (κ3) is 4.04. The number of fused-ring (bicyclic) bond motifs is 1. The zero-order valence-corrected chi connectivity index (χ0v) is 17.6. The molecule has 30 heavy (non-hydrogen) atoms. The maximum absolute atomic E-state index is 12.7. The SMILES string of the molecule is CCCC#Cc1ccc([C@H]2[C@H]3CN(C(=O)NC4CCCC4)CC(=O)N3[C@H]2CO)cc1. The summed E-state index contributed by atoms with van der Waals surface area (Å²) in [6.07, 6.45) is 6.27. The highest BCUT2D eigenvalue weighted by atomic mass is 16.3. The Balaban J connectivity index is 1.46. The molecule has 1 saturated carbocycles. The largest absolute Gasteiger partial charge is 0.394 e. The lowest BCUT2D eigenvalue weighted by molar-refractivity contribution is -0.159. The molecule has 0 bridgehead atoms. The summed E-state index contributed by atoms with van der Waals surface area (Å²) in [5, 5.41) is 13.0. The fraction of sp³-hybridized carbons (Fsp3) is 0.583. The minimum absolute atomic E-state index is 0.0266. The standard InChI is InChI=1S/C24H31N3O3/c1-2-3-4-7-17-10-12-18(13-11-17)23-20-14-26(15-22(29)27(20)21(23)16-28)24(30)25-19-8-5-6-9-19/h10-13,19-21,23,28H,2-3,5-6,8-9,14-16H2,1H3,(H,25,30)/t20-,21+,23+/m1/s1. The molecule has 1 aromatic rings. The van der Waals surface area contributed by atoms with Gasteiger partial charge in [0, 0.05) is 30.5 Å². The lowest BCUT2D eigenvalue weighted by Crippen LogP contribution is -2.74. The van der Waals surface area contributed by atoms with Crippen LogP contribution in [-0.4, -0.2) is 64.7 Å². The first-order valence-electron chi connectivity index (χ1n) is 11.2. The molecule has 3 atom stereocenters. The highest BCUT2D eigenvalue weighted by Crippen LogP contribution is 2.42. The highest BCUT2D eigenvalue weighted by Gasteiger charge is 2.54. The van der Waals surface area contributed by atoms with Crippen molar-refractivity contribution in [1.82, 2.24) is 15.1 Å². The number of aliphatic hydroxyl groups is 1. The molecule has 1 aliphatic carbocycles. The fourth-order valence-corrected chi connectivity index (χ4v) is 5.07. The first-order chi connectivity index (χ1) is 14.6. The Bertz CT molecular complexity index is 835. The molecular formula is C24H31N3O3. The Morgan fingerprint density at radius 1 is 1.23 bits per heavy atom. The molecule has 2 aliphatic heterocycles. The van der Waals surface area contributed by atoms with Crippen LogP contribution in [0.2, 0.25) is 0 Å². The van der Waals surface area contributed by atoms with E-state index in [0.717, 1.165) is 49.7 Å². The molecule has 160 valence electrons. The Labute approximate surface area is 178 Å². The van der Waals surface area contributed by atoms with Gasteiger partial charge in [-0.15, -0.1) is 0 Å². The van der Waals surface area contributed by atoms with Crippen LogP contribution < -0.4 is 5.32 Å². The normalized spacial score (nSPS) is 25.9. The van der Waals surface area contributed by atoms with Gasteiger partial charge in [0.15, 0.2) is 0 Å². The minimum atomic E-state index is -0.223. The van der Waals surface area contributed by atoms with Crippen LogP contribution in [0, 0.1) is 11.8 Å². The molecule has 0 radical (unpaired) electrons. The van der Waals surface area contributed by atoms with Gasteiger partial charge < -0.3 is 20.2 Å². The van der Waals surface area contributed by atoms with E-state index in [1.807, 2.05) is 24.3 Å². The number of rotatable bonds is 4. The molecule has 3 aliphatic rings. The van der Waals surface area contributed by atoms with Crippen molar-refractivity contribution in [1.29, 1.82) is 0 Å². The number of amides is 3. The quantitative estimate of drug-likeness (QED) is 0.751. The van der Waals surface area contributed by atoms with E-state index in [9.17, 15) is 14.7 Å². The van der Waals surface area contributed by atoms with Crippen LogP contribution in [0.15, 0.2) is 24.3 Å². The van der Waals surface area contributed by atoms with E-state index in [-0.39, 0.29) is 49.1 Å². The third-order valence-corrected chi connectivity index (χ3v) is 6.63. The van der Waals surface area contributed by atoms with Gasteiger partial charge in [-0.05, 0) is 37.0 Å². The Morgan fingerprint density at radius 2 is 1.97 bits per heavy atom. The number of hydrogen-bond acceptors (Lipinski definition) is 3. The van der Waals surface area contributed by atoms with Gasteiger partial charge in [-0.25, -0.2) is 4.79 Å². The zero-order valence-electron chi connectivity index (χ0n) is 17.6. The summed E-state index contributed by atoms with van der Waals surface area (Å²) in [4.78, 5) is 28.9. The lowest BCUT2D eigenvalue weighted by atomic mass is 9.73. The predicted octanol–water partition coefficient (Wildman–Crippen LogP) is 2.46. The van der Waals surface area contributed by atoms with Crippen molar-refractivity contribution in [2.24, 2.45) is 0 Å². The summed E-state index contributed by atoms with van der Waals surface area (Å²) in [6, 6.07) is 7.88. The maximum Gasteiger partial charge on any atom is 0.318 e. The van der Waals surface area contributed by atoms with Crippen molar-refractivity contribution in [3.05, 3.63) is 35.4 Å². The smallest absolute Gasteiger partial charge is 0.318 e. The second-order valence-corrected chi connectivity index (χ2v) is 8.63. The van der Waals surface area contributed by atoms with E-state index in [1.54, 1.807) is 9.80 Å². The Morgan fingerprint density at radius 3 is 2.63 bits per heavy atom. The van der Waals surface area contributed by atoms with Gasteiger partial charge in [-0.1, -0.05) is 43.7 Å². The van der Waals surface area contributed by atoms with Gasteiger partial charge in [0.25, 0.3) is 0 Å². The summed E-state index contributed by atoms with van der Waals surface area (Å²) in [7, 11) is 0. The van der Waals surface area contributed by atoms with E-state index >= 15 is 0 Å². The van der Waals surface area contributed by atoms with Crippen LogP contribution in [0.25, 0.3) is 0 Å². The van der Waals surface area contributed by atoms with Crippen LogP contribution >= 0.6 is 0 Å². The fourth-order valence-electron chi connectivity index (χ4n) is 5.07. The van der Waals surface area contributed by atoms with Gasteiger partial charge in [0.05, 0.1) is 18.7 Å². The number of nitrogens with zero attached hydrogens (tertiary/aromatic N) is 2. The number of unbranched alkanes of at least 4 members (excludes halogenated alkanes) is 1. The third-order valence-electron chi connectivity index (χ3n) is 6.63. The van der Waals surface area contributed by atoms with Crippen molar-refractivity contribution in [3.8, 4) is 11.8 Å². The number of benzene rings is 1. The van der Waals surface area contributed by atoms with Gasteiger partial charge in [0.1, 0.15) is 6.54 Å². The van der Waals surface area contributed by atoms with Gasteiger partial charge in [-0.2, -0.15) is 0 Å². The Kier molecular flexibility index (Phi) is 6.29. The highest BCUT2D eigenvalue weighted by molar-refractivity contribution is 5.87. The molecule has 0 aromatic heterocycles. The van der Waals surface area contributed by atoms with Gasteiger partial charge >= 0.3 is 6.03 Å². The molecule has 4 rings (SSSR count). The van der Waals surface area contributed by atoms with Crippen molar-refractivity contribution in [2.75, 3.05) is 19.7 Å². The number of urea groups is 1. The average molecular weight is 410 g/mol. The van der Waals surface area contributed by atoms with Crippen LogP contribution in [0.3, 0.4) is 0 Å². The van der Waals surface area contributed by atoms with Crippen molar-refractivity contribution in [2.45, 2.75) is 69.5 Å². The summed E-state index contributed by atoms with van der Waals surface area (Å²) in [5.41, 5.74) is 2.06. The second-order valence-electron chi connectivity index (χ2n) is 8.63.